The van der Waals surface area contributed by atoms with Gasteiger partial charge in [-0.25, -0.2) is 4.98 Å². The summed E-state index contributed by atoms with van der Waals surface area (Å²) in [6.07, 6.45) is 0. The van der Waals surface area contributed by atoms with E-state index in [0.717, 1.165) is 49.7 Å². The molecule has 0 N–H and O–H groups in total. The van der Waals surface area contributed by atoms with Gasteiger partial charge in [-0.2, -0.15) is 9.97 Å². The van der Waals surface area contributed by atoms with E-state index in [-0.39, 0.29) is 0 Å². The third-order valence-corrected chi connectivity index (χ3v) is 12.8. The molecule has 0 saturated carbocycles. The Morgan fingerprint density at radius 3 is 1.28 bits per heavy atom. The van der Waals surface area contributed by atoms with Crippen molar-refractivity contribution in [3.63, 3.8) is 0 Å². The second-order valence-corrected chi connectivity index (χ2v) is 16.4. The Morgan fingerprint density at radius 1 is 0.250 bits per heavy atom. The molecule has 0 spiro atoms. The van der Waals surface area contributed by atoms with Gasteiger partial charge in [-0.1, -0.05) is 194 Å². The molecule has 13 aromatic rings. The van der Waals surface area contributed by atoms with Crippen molar-refractivity contribution >= 4 is 65.2 Å². The van der Waals surface area contributed by atoms with Crippen molar-refractivity contribution in [3.8, 4) is 56.7 Å². The summed E-state index contributed by atoms with van der Waals surface area (Å²) in [6.45, 7) is 0. The first-order valence-corrected chi connectivity index (χ1v) is 21.7. The second-order valence-electron chi connectivity index (χ2n) is 16.4. The first-order valence-electron chi connectivity index (χ1n) is 21.7. The molecule has 0 atom stereocenters. The maximum absolute atomic E-state index is 5.33. The Balaban J connectivity index is 1.12. The van der Waals surface area contributed by atoms with Crippen LogP contribution in [0.2, 0.25) is 0 Å². The molecule has 3 heterocycles. The van der Waals surface area contributed by atoms with Crippen LogP contribution in [0.3, 0.4) is 0 Å². The van der Waals surface area contributed by atoms with Gasteiger partial charge in [0.2, 0.25) is 5.95 Å². The summed E-state index contributed by atoms with van der Waals surface area (Å²) >= 11 is 0. The summed E-state index contributed by atoms with van der Waals surface area (Å²) in [4.78, 5) is 15.7. The monoisotopic (exact) mass is 815 g/mol. The summed E-state index contributed by atoms with van der Waals surface area (Å²) in [6, 6.07) is 79.8. The molecule has 0 radical (unpaired) electrons. The molecule has 298 valence electrons. The van der Waals surface area contributed by atoms with Gasteiger partial charge in [0, 0.05) is 43.7 Å². The van der Waals surface area contributed by atoms with E-state index in [0.29, 0.717) is 17.6 Å². The van der Waals surface area contributed by atoms with E-state index in [4.69, 9.17) is 15.0 Å². The maximum Gasteiger partial charge on any atom is 0.238 e. The SMILES string of the molecule is c1ccc(-c2ccc(-c3nc(-c4ccccc4)nc(-n4c5ccccc5c5c6c7c8ccccc8c8ccccc8c7n(-c7ccc(-c8ccccc8)cc7)c6ccc54)n3)cc2)cc1. The highest BCUT2D eigenvalue weighted by atomic mass is 15.2. The van der Waals surface area contributed by atoms with Crippen LogP contribution in [-0.4, -0.2) is 24.1 Å². The molecule has 13 rings (SSSR count). The number of aromatic nitrogens is 5. The molecule has 0 aliphatic carbocycles. The van der Waals surface area contributed by atoms with Gasteiger partial charge in [0.05, 0.1) is 22.1 Å². The summed E-state index contributed by atoms with van der Waals surface area (Å²) in [5.41, 5.74) is 12.0. The van der Waals surface area contributed by atoms with Crippen molar-refractivity contribution in [2.24, 2.45) is 0 Å². The third kappa shape index (κ3) is 5.61. The van der Waals surface area contributed by atoms with Crippen LogP contribution in [0, 0.1) is 0 Å². The van der Waals surface area contributed by atoms with Gasteiger partial charge in [-0.15, -0.1) is 0 Å². The lowest BCUT2D eigenvalue weighted by Gasteiger charge is -2.13. The van der Waals surface area contributed by atoms with Crippen LogP contribution < -0.4 is 0 Å². The molecular formula is C59H37N5. The molecule has 64 heavy (non-hydrogen) atoms. The Hall–Kier alpha value is -8.67. The van der Waals surface area contributed by atoms with Crippen LogP contribution in [-0.2, 0) is 0 Å². The van der Waals surface area contributed by atoms with Crippen LogP contribution in [0.15, 0.2) is 224 Å². The van der Waals surface area contributed by atoms with Crippen molar-refractivity contribution in [1.82, 2.24) is 24.1 Å². The van der Waals surface area contributed by atoms with E-state index in [1.807, 2.05) is 24.3 Å². The lowest BCUT2D eigenvalue weighted by Crippen LogP contribution is -2.06. The number of hydrogen-bond donors (Lipinski definition) is 0. The molecule has 0 bridgehead atoms. The summed E-state index contributed by atoms with van der Waals surface area (Å²) < 4.78 is 4.72. The predicted molar refractivity (Wildman–Crippen MR) is 265 cm³/mol. The highest BCUT2D eigenvalue weighted by molar-refractivity contribution is 6.38. The highest BCUT2D eigenvalue weighted by Gasteiger charge is 2.25. The van der Waals surface area contributed by atoms with Crippen molar-refractivity contribution in [2.45, 2.75) is 0 Å². The zero-order valence-corrected chi connectivity index (χ0v) is 34.6. The standard InChI is InChI=1S/C59H37N5/c1-4-16-38(17-5-1)40-28-30-43(31-29-40)58-60-57(42-20-8-3-9-21-42)61-59(62-58)64-50-27-15-14-26-49(50)53-51(64)36-37-52-55(53)54-47-24-12-10-22-45(47)46-23-11-13-25-48(46)56(54)63(52)44-34-32-41(33-35-44)39-18-6-2-7-19-39/h1-37H. The van der Waals surface area contributed by atoms with Gasteiger partial charge >= 0.3 is 0 Å². The molecule has 0 aliphatic rings. The van der Waals surface area contributed by atoms with Crippen LogP contribution in [0.25, 0.3) is 122 Å². The van der Waals surface area contributed by atoms with E-state index < -0.39 is 0 Å². The van der Waals surface area contributed by atoms with Gasteiger partial charge in [0.25, 0.3) is 0 Å². The van der Waals surface area contributed by atoms with E-state index >= 15 is 0 Å². The minimum absolute atomic E-state index is 0.567. The van der Waals surface area contributed by atoms with Gasteiger partial charge in [0.1, 0.15) is 0 Å². The Morgan fingerprint density at radius 2 is 0.672 bits per heavy atom. The highest BCUT2D eigenvalue weighted by Crippen LogP contribution is 2.47. The normalized spacial score (nSPS) is 11.8. The molecule has 0 saturated heterocycles. The molecule has 3 aromatic heterocycles. The minimum atomic E-state index is 0.567. The number of benzene rings is 10. The van der Waals surface area contributed by atoms with Crippen LogP contribution in [0.1, 0.15) is 0 Å². The number of nitrogens with zero attached hydrogens (tertiary/aromatic N) is 5. The minimum Gasteiger partial charge on any atom is -0.309 e. The van der Waals surface area contributed by atoms with Gasteiger partial charge < -0.3 is 4.57 Å². The number of hydrogen-bond acceptors (Lipinski definition) is 3. The Kier molecular flexibility index (Phi) is 8.15. The Bertz CT molecular complexity index is 3910. The average molecular weight is 816 g/mol. The van der Waals surface area contributed by atoms with Crippen molar-refractivity contribution < 1.29 is 0 Å². The fourth-order valence-corrected chi connectivity index (χ4v) is 9.89. The van der Waals surface area contributed by atoms with E-state index in [9.17, 15) is 0 Å². The summed E-state index contributed by atoms with van der Waals surface area (Å²) in [5, 5.41) is 9.62. The molecule has 5 heteroatoms. The third-order valence-electron chi connectivity index (χ3n) is 12.8. The number of fused-ring (bicyclic) bond motifs is 12. The smallest absolute Gasteiger partial charge is 0.238 e. The van der Waals surface area contributed by atoms with Crippen LogP contribution in [0.5, 0.6) is 0 Å². The lowest BCUT2D eigenvalue weighted by molar-refractivity contribution is 0.953. The largest absolute Gasteiger partial charge is 0.309 e. The van der Waals surface area contributed by atoms with Crippen LogP contribution in [0.4, 0.5) is 0 Å². The van der Waals surface area contributed by atoms with Crippen molar-refractivity contribution in [2.75, 3.05) is 0 Å². The summed E-state index contributed by atoms with van der Waals surface area (Å²) in [7, 11) is 0. The first-order chi connectivity index (χ1) is 31.8. The number of para-hydroxylation sites is 1. The quantitative estimate of drug-likeness (QED) is 0.157. The number of rotatable bonds is 6. The second kappa shape index (κ2) is 14.5. The maximum atomic E-state index is 5.33. The fraction of sp³-hybridized carbons (Fsp3) is 0. The molecule has 0 amide bonds. The first kappa shape index (κ1) is 36.0. The molecular weight excluding hydrogens is 779 g/mol. The molecule has 0 unspecified atom stereocenters. The summed E-state index contributed by atoms with van der Waals surface area (Å²) in [5.74, 6) is 1.80. The molecule has 0 fully saturated rings. The Labute approximate surface area is 368 Å². The molecule has 5 nitrogen and oxygen atoms in total. The average Bonchev–Trinajstić information content (AvgIpc) is 3.91. The van der Waals surface area contributed by atoms with Gasteiger partial charge in [-0.05, 0) is 68.7 Å². The fourth-order valence-electron chi connectivity index (χ4n) is 9.89. The van der Waals surface area contributed by atoms with Crippen molar-refractivity contribution in [1.29, 1.82) is 0 Å². The van der Waals surface area contributed by atoms with Gasteiger partial charge in [-0.3, -0.25) is 4.57 Å². The van der Waals surface area contributed by atoms with Gasteiger partial charge in [0.15, 0.2) is 11.6 Å². The van der Waals surface area contributed by atoms with E-state index in [1.165, 1.54) is 54.5 Å². The van der Waals surface area contributed by atoms with Crippen molar-refractivity contribution in [3.05, 3.63) is 224 Å². The van der Waals surface area contributed by atoms with Crippen LogP contribution >= 0.6 is 0 Å². The lowest BCUT2D eigenvalue weighted by atomic mass is 9.95. The van der Waals surface area contributed by atoms with E-state index in [2.05, 4.69) is 209 Å². The van der Waals surface area contributed by atoms with E-state index in [1.54, 1.807) is 0 Å². The predicted octanol–water partition coefficient (Wildman–Crippen LogP) is 15.0. The molecule has 0 aliphatic heterocycles. The topological polar surface area (TPSA) is 48.5 Å². The zero-order valence-electron chi connectivity index (χ0n) is 34.6. The zero-order chi connectivity index (χ0) is 42.1. The molecule has 10 aromatic carbocycles.